The number of ketones is 3. The minimum absolute atomic E-state index is 0.0405. The Hall–Kier alpha value is -3.63. The number of aromatic hydroxyl groups is 1. The van der Waals surface area contributed by atoms with Gasteiger partial charge in [-0.05, 0) is 55.0 Å². The van der Waals surface area contributed by atoms with Crippen LogP contribution < -0.4 is 0 Å². The summed E-state index contributed by atoms with van der Waals surface area (Å²) in [7, 11) is 0. The van der Waals surface area contributed by atoms with Crippen LogP contribution in [0.4, 0.5) is 0 Å². The van der Waals surface area contributed by atoms with Crippen LogP contribution in [0.2, 0.25) is 0 Å². The third kappa shape index (κ3) is 3.00. The van der Waals surface area contributed by atoms with Crippen molar-refractivity contribution in [1.29, 1.82) is 0 Å². The van der Waals surface area contributed by atoms with Gasteiger partial charge in [0.1, 0.15) is 22.8 Å². The van der Waals surface area contributed by atoms with Crippen LogP contribution in [0, 0.1) is 35.0 Å². The van der Waals surface area contributed by atoms with Crippen LogP contribution in [0.25, 0.3) is 11.8 Å². The molecule has 36 heavy (non-hydrogen) atoms. The molecule has 1 unspecified atom stereocenters. The van der Waals surface area contributed by atoms with Gasteiger partial charge < -0.3 is 20.4 Å². The zero-order valence-corrected chi connectivity index (χ0v) is 21.0. The van der Waals surface area contributed by atoms with Crippen molar-refractivity contribution in [3.05, 3.63) is 51.8 Å². The van der Waals surface area contributed by atoms with Crippen LogP contribution in [0.1, 0.15) is 57.7 Å². The SMILES string of the molecule is C#C/C=C/c1ccc(O)c2c1C[C@]1(C)C[C@]3(C)C(C(C)C)C(=O)C(C(C)=O)=C(O)[C@]3(O)C(=O)C1=C2O. The smallest absolute Gasteiger partial charge is 0.203 e. The third-order valence-electron chi connectivity index (χ3n) is 8.28. The molecule has 7 nitrogen and oxygen atoms in total. The largest absolute Gasteiger partial charge is 0.508 e. The standard InChI is InChI=1S/C29H30O7/c1-7-8-9-16-10-11-18(31)20-17(16)12-27(5)13-28(6)21(14(2)3)23(32)19(15(4)30)25(34)29(28,36)26(35)22(27)24(20)33/h1,8-11,14,21,31,33-34,36H,12-13H2,2-6H3/b9-8+/t21?,27-,28-,29+/m1/s1. The van der Waals surface area contributed by atoms with Gasteiger partial charge >= 0.3 is 0 Å². The summed E-state index contributed by atoms with van der Waals surface area (Å²) in [6.45, 7) is 7.96. The number of terminal acetylenes is 1. The molecule has 0 aromatic heterocycles. The Morgan fingerprint density at radius 1 is 1.19 bits per heavy atom. The normalized spacial score (nSPS) is 31.9. The van der Waals surface area contributed by atoms with Crippen LogP contribution in [0.3, 0.4) is 0 Å². The molecular weight excluding hydrogens is 460 g/mol. The van der Waals surface area contributed by atoms with Crippen molar-refractivity contribution >= 4 is 29.2 Å². The second-order valence-corrected chi connectivity index (χ2v) is 11.0. The van der Waals surface area contributed by atoms with Gasteiger partial charge in [-0.3, -0.25) is 14.4 Å². The molecule has 0 radical (unpaired) electrons. The summed E-state index contributed by atoms with van der Waals surface area (Å²) < 4.78 is 0. The molecule has 1 aromatic carbocycles. The summed E-state index contributed by atoms with van der Waals surface area (Å²) in [6.07, 6.45) is 8.75. The van der Waals surface area contributed by atoms with Crippen LogP contribution in [-0.2, 0) is 20.8 Å². The van der Waals surface area contributed by atoms with Crippen LogP contribution in [0.15, 0.2) is 35.1 Å². The van der Waals surface area contributed by atoms with Gasteiger partial charge in [-0.25, -0.2) is 0 Å². The van der Waals surface area contributed by atoms with Crippen molar-refractivity contribution in [3.8, 4) is 18.1 Å². The summed E-state index contributed by atoms with van der Waals surface area (Å²) in [5.74, 6) is -3.02. The van der Waals surface area contributed by atoms with Crippen molar-refractivity contribution < 1.29 is 34.8 Å². The highest BCUT2D eigenvalue weighted by Gasteiger charge is 2.72. The summed E-state index contributed by atoms with van der Waals surface area (Å²) in [5.41, 5.74) is -4.66. The molecule has 4 N–H and O–H groups in total. The number of hydrogen-bond donors (Lipinski definition) is 4. The number of rotatable bonds is 3. The number of fused-ring (bicyclic) bond motifs is 3. The van der Waals surface area contributed by atoms with E-state index in [1.54, 1.807) is 39.8 Å². The van der Waals surface area contributed by atoms with E-state index in [0.717, 1.165) is 6.92 Å². The summed E-state index contributed by atoms with van der Waals surface area (Å²) in [5, 5.41) is 45.1. The lowest BCUT2D eigenvalue weighted by Gasteiger charge is -2.59. The Bertz CT molecular complexity index is 1370. The van der Waals surface area contributed by atoms with E-state index >= 15 is 0 Å². The molecule has 1 fully saturated rings. The van der Waals surface area contributed by atoms with Crippen LogP contribution >= 0.6 is 0 Å². The van der Waals surface area contributed by atoms with Gasteiger partial charge in [0.25, 0.3) is 0 Å². The number of allylic oxidation sites excluding steroid dienone is 2. The number of hydrogen-bond acceptors (Lipinski definition) is 7. The molecular formula is C29H30O7. The molecule has 0 saturated heterocycles. The maximum atomic E-state index is 14.2. The lowest BCUT2D eigenvalue weighted by Crippen LogP contribution is -2.69. The first-order chi connectivity index (χ1) is 16.7. The second-order valence-electron chi connectivity index (χ2n) is 11.0. The molecule has 0 spiro atoms. The van der Waals surface area contributed by atoms with E-state index in [2.05, 4.69) is 5.92 Å². The molecule has 0 amide bonds. The predicted molar refractivity (Wildman–Crippen MR) is 134 cm³/mol. The minimum Gasteiger partial charge on any atom is -0.508 e. The Balaban J connectivity index is 2.09. The fraction of sp³-hybridized carbons (Fsp3) is 0.414. The molecule has 1 aromatic rings. The van der Waals surface area contributed by atoms with Crippen LogP contribution in [-0.4, -0.2) is 43.4 Å². The molecule has 3 aliphatic rings. The van der Waals surface area contributed by atoms with Crippen molar-refractivity contribution in [3.63, 3.8) is 0 Å². The number of benzene rings is 1. The van der Waals surface area contributed by atoms with Crippen molar-refractivity contribution in [1.82, 2.24) is 0 Å². The van der Waals surface area contributed by atoms with E-state index in [4.69, 9.17) is 6.42 Å². The van der Waals surface area contributed by atoms with Gasteiger partial charge in [-0.15, -0.1) is 6.42 Å². The summed E-state index contributed by atoms with van der Waals surface area (Å²) >= 11 is 0. The Morgan fingerprint density at radius 3 is 2.39 bits per heavy atom. The van der Waals surface area contributed by atoms with Gasteiger partial charge in [0.2, 0.25) is 5.78 Å². The van der Waals surface area contributed by atoms with E-state index in [1.807, 2.05) is 0 Å². The Labute approximate surface area is 209 Å². The molecule has 188 valence electrons. The van der Waals surface area contributed by atoms with Crippen molar-refractivity contribution in [2.75, 3.05) is 0 Å². The molecule has 1 saturated carbocycles. The monoisotopic (exact) mass is 490 g/mol. The number of aliphatic hydroxyl groups excluding tert-OH is 2. The first-order valence-electron chi connectivity index (χ1n) is 11.8. The predicted octanol–water partition coefficient (Wildman–Crippen LogP) is 3.84. The highest BCUT2D eigenvalue weighted by Crippen LogP contribution is 2.65. The zero-order chi connectivity index (χ0) is 27.0. The molecule has 4 rings (SSSR count). The van der Waals surface area contributed by atoms with E-state index in [-0.39, 0.29) is 35.6 Å². The number of carbonyl (C=O) groups is 3. The zero-order valence-electron chi connectivity index (χ0n) is 21.0. The summed E-state index contributed by atoms with van der Waals surface area (Å²) in [6, 6.07) is 3.03. The lowest BCUT2D eigenvalue weighted by atomic mass is 9.43. The molecule has 7 heteroatoms. The first kappa shape index (κ1) is 25.5. The Kier molecular flexibility index (Phi) is 5.62. The van der Waals surface area contributed by atoms with Crippen molar-refractivity contribution in [2.45, 2.75) is 53.1 Å². The number of Topliss-reactive ketones (excluding diaryl/α,β-unsaturated/α-hetero) is 3. The maximum Gasteiger partial charge on any atom is 0.203 e. The van der Waals surface area contributed by atoms with E-state index in [0.29, 0.717) is 11.1 Å². The first-order valence-corrected chi connectivity index (χ1v) is 11.8. The van der Waals surface area contributed by atoms with E-state index in [9.17, 15) is 34.8 Å². The fourth-order valence-corrected chi connectivity index (χ4v) is 7.04. The van der Waals surface area contributed by atoms with Gasteiger partial charge in [0, 0.05) is 22.3 Å². The van der Waals surface area contributed by atoms with E-state index in [1.165, 1.54) is 12.1 Å². The average molecular weight is 491 g/mol. The highest BCUT2D eigenvalue weighted by atomic mass is 16.3. The topological polar surface area (TPSA) is 132 Å². The molecule has 0 aliphatic heterocycles. The number of aliphatic hydroxyl groups is 3. The maximum absolute atomic E-state index is 14.2. The minimum atomic E-state index is -2.62. The number of phenols is 1. The molecule has 0 heterocycles. The Morgan fingerprint density at radius 2 is 1.83 bits per heavy atom. The van der Waals surface area contributed by atoms with Gasteiger partial charge in [0.05, 0.1) is 5.56 Å². The molecule has 3 aliphatic carbocycles. The quantitative estimate of drug-likeness (QED) is 0.374. The van der Waals surface area contributed by atoms with Crippen molar-refractivity contribution in [2.24, 2.45) is 22.7 Å². The number of carbonyl (C=O) groups excluding carboxylic acids is 3. The highest BCUT2D eigenvalue weighted by molar-refractivity contribution is 6.24. The number of phenolic OH excluding ortho intramolecular Hbond substituents is 1. The van der Waals surface area contributed by atoms with Gasteiger partial charge in [-0.1, -0.05) is 39.7 Å². The lowest BCUT2D eigenvalue weighted by molar-refractivity contribution is -0.178. The second kappa shape index (κ2) is 7.94. The van der Waals surface area contributed by atoms with Crippen LogP contribution in [0.5, 0.6) is 5.75 Å². The molecule has 0 bridgehead atoms. The van der Waals surface area contributed by atoms with E-state index < -0.39 is 56.8 Å². The summed E-state index contributed by atoms with van der Waals surface area (Å²) in [4.78, 5) is 40.0. The van der Waals surface area contributed by atoms with Gasteiger partial charge in [-0.2, -0.15) is 0 Å². The van der Waals surface area contributed by atoms with Gasteiger partial charge in [0.15, 0.2) is 17.2 Å². The third-order valence-corrected chi connectivity index (χ3v) is 8.28. The fourth-order valence-electron chi connectivity index (χ4n) is 7.04. The molecule has 4 atom stereocenters. The average Bonchev–Trinajstić information content (AvgIpc) is 2.75.